The van der Waals surface area contributed by atoms with Crippen molar-refractivity contribution in [2.75, 3.05) is 13.7 Å². The molecule has 0 aliphatic carbocycles. The van der Waals surface area contributed by atoms with E-state index in [1.807, 2.05) is 0 Å². The molecule has 1 rings (SSSR count). The van der Waals surface area contributed by atoms with Gasteiger partial charge in [-0.2, -0.15) is 0 Å². The van der Waals surface area contributed by atoms with E-state index in [1.165, 1.54) is 25.4 Å². The summed E-state index contributed by atoms with van der Waals surface area (Å²) in [6, 6.07) is 2.71. The van der Waals surface area contributed by atoms with E-state index in [1.54, 1.807) is 6.92 Å². The largest absolute Gasteiger partial charge is 0.466 e. The molecule has 20 heavy (non-hydrogen) atoms. The summed E-state index contributed by atoms with van der Waals surface area (Å²) in [4.78, 5) is 26.4. The molecule has 2 N–H and O–H groups in total. The number of hydrogen-bond donors (Lipinski definition) is 2. The summed E-state index contributed by atoms with van der Waals surface area (Å²) in [6.07, 6.45) is -1.82. The van der Waals surface area contributed by atoms with Crippen molar-refractivity contribution in [1.82, 2.24) is 4.98 Å². The molecule has 0 aromatic carbocycles. The maximum absolute atomic E-state index is 11.4. The van der Waals surface area contributed by atoms with Gasteiger partial charge >= 0.3 is 11.9 Å². The molecule has 1 aromatic rings. The number of ether oxygens (including phenoxy) is 2. The monoisotopic (exact) mass is 283 g/mol. The number of esters is 2. The minimum atomic E-state index is -1.40. The van der Waals surface area contributed by atoms with Gasteiger partial charge in [-0.25, -0.2) is 4.79 Å². The Hall–Kier alpha value is -1.99. The maximum Gasteiger partial charge on any atom is 0.337 e. The molecule has 0 bridgehead atoms. The van der Waals surface area contributed by atoms with Crippen LogP contribution < -0.4 is 0 Å². The first kappa shape index (κ1) is 16.1. The molecule has 1 heterocycles. The summed E-state index contributed by atoms with van der Waals surface area (Å²) >= 11 is 0. The van der Waals surface area contributed by atoms with Crippen molar-refractivity contribution < 1.29 is 29.3 Å². The van der Waals surface area contributed by atoms with Crippen molar-refractivity contribution in [2.45, 2.75) is 25.6 Å². The van der Waals surface area contributed by atoms with Crippen molar-refractivity contribution in [1.29, 1.82) is 0 Å². The van der Waals surface area contributed by atoms with Crippen molar-refractivity contribution in [3.63, 3.8) is 0 Å². The zero-order valence-corrected chi connectivity index (χ0v) is 11.3. The smallest absolute Gasteiger partial charge is 0.337 e. The third-order valence-electron chi connectivity index (χ3n) is 2.55. The van der Waals surface area contributed by atoms with Gasteiger partial charge in [0.1, 0.15) is 6.10 Å². The van der Waals surface area contributed by atoms with E-state index < -0.39 is 24.1 Å². The molecule has 0 saturated heterocycles. The first-order valence-electron chi connectivity index (χ1n) is 6.05. The number of carbonyl (C=O) groups excluding carboxylic acids is 2. The number of nitrogens with zero attached hydrogens (tertiary/aromatic N) is 1. The van der Waals surface area contributed by atoms with E-state index >= 15 is 0 Å². The van der Waals surface area contributed by atoms with Crippen LogP contribution in [0.2, 0.25) is 0 Å². The Kier molecular flexibility index (Phi) is 6.08. The summed E-state index contributed by atoms with van der Waals surface area (Å²) in [5, 5.41) is 19.7. The molecule has 0 fully saturated rings. The van der Waals surface area contributed by atoms with Gasteiger partial charge in [-0.15, -0.1) is 0 Å². The first-order chi connectivity index (χ1) is 9.49. The lowest BCUT2D eigenvalue weighted by atomic mass is 10.1. The number of pyridine rings is 1. The Morgan fingerprint density at radius 3 is 2.70 bits per heavy atom. The fraction of sp³-hybridized carbons (Fsp3) is 0.462. The molecule has 7 nitrogen and oxygen atoms in total. The average Bonchev–Trinajstić information content (AvgIpc) is 2.45. The molecule has 110 valence electrons. The Balaban J connectivity index is 2.78. The molecular formula is C13H17NO6. The highest BCUT2D eigenvalue weighted by Gasteiger charge is 2.24. The van der Waals surface area contributed by atoms with E-state index in [0.717, 1.165) is 0 Å². The summed E-state index contributed by atoms with van der Waals surface area (Å²) in [5.41, 5.74) is 0.268. The van der Waals surface area contributed by atoms with Gasteiger partial charge in [-0.3, -0.25) is 9.78 Å². The normalized spacial score (nSPS) is 13.4. The molecule has 2 unspecified atom stereocenters. The lowest BCUT2D eigenvalue weighted by Crippen LogP contribution is -2.24. The third kappa shape index (κ3) is 4.29. The molecule has 2 atom stereocenters. The van der Waals surface area contributed by atoms with Crippen LogP contribution in [0.5, 0.6) is 0 Å². The molecule has 0 spiro atoms. The number of aliphatic hydroxyl groups excluding tert-OH is 2. The highest BCUT2D eigenvalue weighted by molar-refractivity contribution is 5.89. The summed E-state index contributed by atoms with van der Waals surface area (Å²) in [6.45, 7) is 1.83. The van der Waals surface area contributed by atoms with Gasteiger partial charge in [0.15, 0.2) is 0 Å². The number of hydrogen-bond acceptors (Lipinski definition) is 7. The van der Waals surface area contributed by atoms with Crippen LogP contribution in [0.1, 0.15) is 35.5 Å². The van der Waals surface area contributed by atoms with E-state index in [0.29, 0.717) is 0 Å². The number of rotatable bonds is 6. The minimum Gasteiger partial charge on any atom is -0.466 e. The van der Waals surface area contributed by atoms with Gasteiger partial charge in [0.25, 0.3) is 0 Å². The maximum atomic E-state index is 11.4. The van der Waals surface area contributed by atoms with Gasteiger partial charge < -0.3 is 19.7 Å². The zero-order valence-electron chi connectivity index (χ0n) is 11.3. The highest BCUT2D eigenvalue weighted by Crippen LogP contribution is 2.18. The number of aromatic nitrogens is 1. The fourth-order valence-corrected chi connectivity index (χ4v) is 1.55. The van der Waals surface area contributed by atoms with Crippen LogP contribution in [0, 0.1) is 0 Å². The van der Waals surface area contributed by atoms with Crippen LogP contribution in [0.15, 0.2) is 18.3 Å². The van der Waals surface area contributed by atoms with Crippen LogP contribution in [0.3, 0.4) is 0 Å². The second kappa shape index (κ2) is 7.56. The van der Waals surface area contributed by atoms with Crippen molar-refractivity contribution in [2.24, 2.45) is 0 Å². The van der Waals surface area contributed by atoms with Crippen molar-refractivity contribution in [3.05, 3.63) is 29.6 Å². The molecule has 0 aliphatic rings. The fourth-order valence-electron chi connectivity index (χ4n) is 1.55. The highest BCUT2D eigenvalue weighted by atomic mass is 16.5. The number of methoxy groups -OCH3 is 1. The van der Waals surface area contributed by atoms with E-state index in [4.69, 9.17) is 0 Å². The van der Waals surface area contributed by atoms with E-state index in [2.05, 4.69) is 14.5 Å². The SMILES string of the molecule is CCOC(=O)CC(O)C(O)c1cc(C(=O)OC)ccn1. The standard InChI is InChI=1S/C13H17NO6/c1-3-20-11(16)7-10(15)12(17)9-6-8(4-5-14-9)13(18)19-2/h4-6,10,12,15,17H,3,7H2,1-2H3. The van der Waals surface area contributed by atoms with Crippen LogP contribution in [-0.2, 0) is 14.3 Å². The summed E-state index contributed by atoms with van der Waals surface area (Å²) in [7, 11) is 1.23. The molecule has 0 amide bonds. The quantitative estimate of drug-likeness (QED) is 0.719. The molecule has 1 aromatic heterocycles. The Labute approximate surface area is 116 Å². The van der Waals surface area contributed by atoms with Gasteiger partial charge in [0, 0.05) is 6.20 Å². The van der Waals surface area contributed by atoms with E-state index in [-0.39, 0.29) is 24.3 Å². The predicted molar refractivity (Wildman–Crippen MR) is 67.8 cm³/mol. The van der Waals surface area contributed by atoms with Crippen LogP contribution in [-0.4, -0.2) is 47.0 Å². The van der Waals surface area contributed by atoms with E-state index in [9.17, 15) is 19.8 Å². The first-order valence-corrected chi connectivity index (χ1v) is 6.05. The predicted octanol–water partition coefficient (Wildman–Crippen LogP) is 0.216. The number of carbonyl (C=O) groups is 2. The molecule has 0 saturated carbocycles. The lowest BCUT2D eigenvalue weighted by Gasteiger charge is -2.16. The van der Waals surface area contributed by atoms with Crippen molar-refractivity contribution >= 4 is 11.9 Å². The van der Waals surface area contributed by atoms with Gasteiger partial charge in [-0.1, -0.05) is 0 Å². The minimum absolute atomic E-state index is 0.0738. The zero-order chi connectivity index (χ0) is 15.1. The van der Waals surface area contributed by atoms with Crippen LogP contribution in [0.4, 0.5) is 0 Å². The second-order valence-electron chi connectivity index (χ2n) is 3.98. The van der Waals surface area contributed by atoms with Gasteiger partial charge in [0.2, 0.25) is 0 Å². The number of aliphatic hydroxyl groups is 2. The lowest BCUT2D eigenvalue weighted by molar-refractivity contribution is -0.147. The summed E-state index contributed by atoms with van der Waals surface area (Å²) in [5.74, 6) is -1.20. The van der Waals surface area contributed by atoms with Gasteiger partial charge in [0.05, 0.1) is 37.5 Å². The third-order valence-corrected chi connectivity index (χ3v) is 2.55. The molecular weight excluding hydrogens is 266 g/mol. The second-order valence-corrected chi connectivity index (χ2v) is 3.98. The average molecular weight is 283 g/mol. The molecule has 0 radical (unpaired) electrons. The molecule has 0 aliphatic heterocycles. The van der Waals surface area contributed by atoms with Crippen molar-refractivity contribution in [3.8, 4) is 0 Å². The Morgan fingerprint density at radius 1 is 1.40 bits per heavy atom. The van der Waals surface area contributed by atoms with Crippen LogP contribution >= 0.6 is 0 Å². The van der Waals surface area contributed by atoms with Crippen LogP contribution in [0.25, 0.3) is 0 Å². The van der Waals surface area contributed by atoms with Gasteiger partial charge in [-0.05, 0) is 19.1 Å². The Bertz CT molecular complexity index is 476. The Morgan fingerprint density at radius 2 is 2.10 bits per heavy atom. The topological polar surface area (TPSA) is 106 Å². The summed E-state index contributed by atoms with van der Waals surface area (Å²) < 4.78 is 9.22. The molecule has 7 heteroatoms.